The summed E-state index contributed by atoms with van der Waals surface area (Å²) in [6.07, 6.45) is 0. The average Bonchev–Trinajstić information content (AvgIpc) is 2.41. The van der Waals surface area contributed by atoms with Crippen LogP contribution in [0.1, 0.15) is 16.7 Å². The number of para-hydroxylation sites is 1. The Bertz CT molecular complexity index is 624. The van der Waals surface area contributed by atoms with E-state index in [0.29, 0.717) is 23.7 Å². The van der Waals surface area contributed by atoms with Gasteiger partial charge in [0.25, 0.3) is 0 Å². The van der Waals surface area contributed by atoms with Gasteiger partial charge < -0.3 is 15.2 Å². The highest BCUT2D eigenvalue weighted by Gasteiger charge is 2.10. The molecule has 0 atom stereocenters. The minimum atomic E-state index is -0.00301. The number of hydrogen-bond donors (Lipinski definition) is 2. The summed E-state index contributed by atoms with van der Waals surface area (Å²) in [6, 6.07) is 13.2. The molecule has 20 heavy (non-hydrogen) atoms. The summed E-state index contributed by atoms with van der Waals surface area (Å²) in [5, 5.41) is 7.62. The van der Waals surface area contributed by atoms with Crippen molar-refractivity contribution in [2.24, 2.45) is 5.73 Å². The van der Waals surface area contributed by atoms with Crippen molar-refractivity contribution in [3.05, 3.63) is 59.2 Å². The molecule has 4 nitrogen and oxygen atoms in total. The van der Waals surface area contributed by atoms with E-state index >= 15 is 0 Å². The van der Waals surface area contributed by atoms with Gasteiger partial charge in [0, 0.05) is 7.11 Å². The second kappa shape index (κ2) is 6.21. The first-order valence-corrected chi connectivity index (χ1v) is 6.31. The van der Waals surface area contributed by atoms with Crippen molar-refractivity contribution < 1.29 is 9.47 Å². The maximum Gasteiger partial charge on any atom is 0.141 e. The summed E-state index contributed by atoms with van der Waals surface area (Å²) in [6.45, 7) is 2.46. The summed E-state index contributed by atoms with van der Waals surface area (Å²) in [7, 11) is 1.66. The summed E-state index contributed by atoms with van der Waals surface area (Å²) in [5.74, 6) is 1.32. The third-order valence-electron chi connectivity index (χ3n) is 2.93. The van der Waals surface area contributed by atoms with Crippen molar-refractivity contribution in [1.82, 2.24) is 0 Å². The van der Waals surface area contributed by atoms with Crippen LogP contribution in [-0.2, 0) is 11.3 Å². The molecule has 4 heteroatoms. The molecule has 0 radical (unpaired) electrons. The van der Waals surface area contributed by atoms with E-state index in [-0.39, 0.29) is 5.84 Å². The van der Waals surface area contributed by atoms with E-state index in [1.165, 1.54) is 0 Å². The van der Waals surface area contributed by atoms with Gasteiger partial charge in [-0.3, -0.25) is 5.41 Å². The van der Waals surface area contributed by atoms with E-state index in [2.05, 4.69) is 0 Å². The Morgan fingerprint density at radius 1 is 1.20 bits per heavy atom. The van der Waals surface area contributed by atoms with Gasteiger partial charge in [-0.05, 0) is 36.2 Å². The molecule has 0 aliphatic rings. The highest BCUT2D eigenvalue weighted by atomic mass is 16.5. The second-order valence-electron chi connectivity index (χ2n) is 4.55. The molecule has 0 aromatic heterocycles. The first kappa shape index (κ1) is 14.1. The largest absolute Gasteiger partial charge is 0.456 e. The minimum Gasteiger partial charge on any atom is -0.456 e. The third kappa shape index (κ3) is 3.16. The monoisotopic (exact) mass is 270 g/mol. The van der Waals surface area contributed by atoms with Crippen LogP contribution in [0.2, 0.25) is 0 Å². The summed E-state index contributed by atoms with van der Waals surface area (Å²) < 4.78 is 11.0. The number of nitrogen functional groups attached to an aromatic ring is 1. The molecule has 0 amide bonds. The third-order valence-corrected chi connectivity index (χ3v) is 2.93. The van der Waals surface area contributed by atoms with Crippen LogP contribution in [0.25, 0.3) is 0 Å². The predicted molar refractivity (Wildman–Crippen MR) is 79.4 cm³/mol. The molecule has 0 aliphatic carbocycles. The smallest absolute Gasteiger partial charge is 0.141 e. The van der Waals surface area contributed by atoms with E-state index < -0.39 is 0 Å². The van der Waals surface area contributed by atoms with Crippen LogP contribution in [0, 0.1) is 12.3 Å². The van der Waals surface area contributed by atoms with Gasteiger partial charge in [0.2, 0.25) is 0 Å². The van der Waals surface area contributed by atoms with Gasteiger partial charge in [-0.1, -0.05) is 24.3 Å². The molecule has 0 unspecified atom stereocenters. The van der Waals surface area contributed by atoms with Crippen LogP contribution in [0.4, 0.5) is 0 Å². The molecule has 0 saturated carbocycles. The summed E-state index contributed by atoms with van der Waals surface area (Å²) in [4.78, 5) is 0. The Kier molecular flexibility index (Phi) is 4.38. The number of rotatable bonds is 5. The summed E-state index contributed by atoms with van der Waals surface area (Å²) >= 11 is 0. The van der Waals surface area contributed by atoms with Gasteiger partial charge in [0.15, 0.2) is 0 Å². The Morgan fingerprint density at radius 3 is 2.65 bits per heavy atom. The Labute approximate surface area is 118 Å². The first-order chi connectivity index (χ1) is 9.61. The predicted octanol–water partition coefficient (Wildman–Crippen LogP) is 3.22. The maximum absolute atomic E-state index is 7.62. The number of aryl methyl sites for hydroxylation is 1. The number of nitrogens with one attached hydrogen (secondary N) is 1. The molecule has 104 valence electrons. The fourth-order valence-corrected chi connectivity index (χ4v) is 1.98. The van der Waals surface area contributed by atoms with Gasteiger partial charge in [0.1, 0.15) is 17.3 Å². The van der Waals surface area contributed by atoms with E-state index in [1.807, 2.05) is 43.3 Å². The molecule has 0 aliphatic heterocycles. The molecule has 2 aromatic rings. The van der Waals surface area contributed by atoms with Crippen molar-refractivity contribution in [3.63, 3.8) is 0 Å². The highest BCUT2D eigenvalue weighted by molar-refractivity contribution is 5.98. The van der Waals surface area contributed by atoms with E-state index in [4.69, 9.17) is 20.6 Å². The van der Waals surface area contributed by atoms with Crippen LogP contribution in [0.5, 0.6) is 11.5 Å². The lowest BCUT2D eigenvalue weighted by Gasteiger charge is -2.13. The molecule has 0 saturated heterocycles. The molecule has 3 N–H and O–H groups in total. The van der Waals surface area contributed by atoms with Crippen LogP contribution < -0.4 is 10.5 Å². The Balaban J connectivity index is 2.34. The van der Waals surface area contributed by atoms with Crippen molar-refractivity contribution >= 4 is 5.84 Å². The normalized spacial score (nSPS) is 10.3. The van der Waals surface area contributed by atoms with Gasteiger partial charge >= 0.3 is 0 Å². The zero-order valence-corrected chi connectivity index (χ0v) is 11.6. The molecular weight excluding hydrogens is 252 g/mol. The SMILES string of the molecule is COCc1cccc(Oc2c(C)cccc2C(=N)N)c1. The number of nitrogens with two attached hydrogens (primary N) is 1. The number of ether oxygens (including phenoxy) is 2. The van der Waals surface area contributed by atoms with Gasteiger partial charge in [0.05, 0.1) is 12.2 Å². The second-order valence-corrected chi connectivity index (χ2v) is 4.55. The van der Waals surface area contributed by atoms with E-state index in [0.717, 1.165) is 11.1 Å². The molecule has 0 fully saturated rings. The van der Waals surface area contributed by atoms with Crippen LogP contribution >= 0.6 is 0 Å². The van der Waals surface area contributed by atoms with E-state index in [9.17, 15) is 0 Å². The molecule has 2 aromatic carbocycles. The minimum absolute atomic E-state index is 0.00301. The molecule has 0 bridgehead atoms. The fourth-order valence-electron chi connectivity index (χ4n) is 1.98. The molecule has 0 heterocycles. The standard InChI is InChI=1S/C16H18N2O2/c1-11-5-3-8-14(16(17)18)15(11)20-13-7-4-6-12(9-13)10-19-2/h3-9H,10H2,1-2H3,(H3,17,18). The van der Waals surface area contributed by atoms with Crippen LogP contribution in [-0.4, -0.2) is 12.9 Å². The fraction of sp³-hybridized carbons (Fsp3) is 0.188. The lowest BCUT2D eigenvalue weighted by Crippen LogP contribution is -2.12. The average molecular weight is 270 g/mol. The highest BCUT2D eigenvalue weighted by Crippen LogP contribution is 2.29. The van der Waals surface area contributed by atoms with Crippen LogP contribution in [0.3, 0.4) is 0 Å². The van der Waals surface area contributed by atoms with Gasteiger partial charge in [-0.15, -0.1) is 0 Å². The van der Waals surface area contributed by atoms with Crippen LogP contribution in [0.15, 0.2) is 42.5 Å². The topological polar surface area (TPSA) is 68.3 Å². The lowest BCUT2D eigenvalue weighted by atomic mass is 10.1. The molecular formula is C16H18N2O2. The van der Waals surface area contributed by atoms with Crippen molar-refractivity contribution in [2.45, 2.75) is 13.5 Å². The zero-order valence-electron chi connectivity index (χ0n) is 11.6. The Hall–Kier alpha value is -2.33. The molecule has 0 spiro atoms. The van der Waals surface area contributed by atoms with Gasteiger partial charge in [-0.2, -0.15) is 0 Å². The van der Waals surface area contributed by atoms with Gasteiger partial charge in [-0.25, -0.2) is 0 Å². The van der Waals surface area contributed by atoms with Crippen molar-refractivity contribution in [2.75, 3.05) is 7.11 Å². The lowest BCUT2D eigenvalue weighted by molar-refractivity contribution is 0.184. The first-order valence-electron chi connectivity index (χ1n) is 6.31. The Morgan fingerprint density at radius 2 is 1.95 bits per heavy atom. The van der Waals surface area contributed by atoms with E-state index in [1.54, 1.807) is 13.2 Å². The number of hydrogen-bond acceptors (Lipinski definition) is 3. The number of benzene rings is 2. The summed E-state index contributed by atoms with van der Waals surface area (Å²) in [5.41, 5.74) is 8.17. The van der Waals surface area contributed by atoms with Crippen molar-refractivity contribution in [3.8, 4) is 11.5 Å². The molecule has 2 rings (SSSR count). The van der Waals surface area contributed by atoms with Crippen molar-refractivity contribution in [1.29, 1.82) is 5.41 Å². The quantitative estimate of drug-likeness (QED) is 0.647. The zero-order chi connectivity index (χ0) is 14.5. The number of amidine groups is 1. The number of methoxy groups -OCH3 is 1. The maximum atomic E-state index is 7.62.